The van der Waals surface area contributed by atoms with Gasteiger partial charge < -0.3 is 14.9 Å². The van der Waals surface area contributed by atoms with Gasteiger partial charge in [0.2, 0.25) is 0 Å². The first-order chi connectivity index (χ1) is 12.5. The smallest absolute Gasteiger partial charge is 0.137 e. The van der Waals surface area contributed by atoms with Gasteiger partial charge in [-0.15, -0.1) is 0 Å². The molecule has 0 aliphatic heterocycles. The molecule has 0 spiro atoms. The molecule has 0 aliphatic carbocycles. The summed E-state index contributed by atoms with van der Waals surface area (Å²) in [6.07, 6.45) is 2.07. The second-order valence-electron chi connectivity index (χ2n) is 8.74. The predicted molar refractivity (Wildman–Crippen MR) is 115 cm³/mol. The number of halogens is 1. The highest BCUT2D eigenvalue weighted by Gasteiger charge is 2.41. The zero-order valence-corrected chi connectivity index (χ0v) is 18.5. The van der Waals surface area contributed by atoms with Gasteiger partial charge in [-0.1, -0.05) is 32.9 Å². The maximum Gasteiger partial charge on any atom is 0.137 e. The van der Waals surface area contributed by atoms with Crippen molar-refractivity contribution < 1.29 is 4.74 Å². The van der Waals surface area contributed by atoms with Gasteiger partial charge in [0.15, 0.2) is 0 Å². The fourth-order valence-electron chi connectivity index (χ4n) is 4.23. The normalized spacial score (nSPS) is 13.8. The van der Waals surface area contributed by atoms with Crippen LogP contribution in [0.15, 0.2) is 47.1 Å². The Hall–Kier alpha value is -1.85. The quantitative estimate of drug-likeness (QED) is 0.583. The van der Waals surface area contributed by atoms with Crippen molar-refractivity contribution in [2.24, 2.45) is 11.1 Å². The van der Waals surface area contributed by atoms with Crippen molar-refractivity contribution in [2.75, 3.05) is 7.11 Å². The van der Waals surface area contributed by atoms with E-state index in [1.165, 1.54) is 0 Å². The van der Waals surface area contributed by atoms with E-state index in [4.69, 9.17) is 15.5 Å². The summed E-state index contributed by atoms with van der Waals surface area (Å²) in [6.45, 7) is 10.9. The highest BCUT2D eigenvalue weighted by atomic mass is 79.9. The third-order valence-corrected chi connectivity index (χ3v) is 5.33. The van der Waals surface area contributed by atoms with Crippen LogP contribution in [0.5, 0.6) is 5.75 Å². The largest absolute Gasteiger partial charge is 0.496 e. The van der Waals surface area contributed by atoms with Crippen LogP contribution in [0.1, 0.15) is 46.2 Å². The molecule has 5 heteroatoms. The first-order valence-electron chi connectivity index (χ1n) is 9.14. The van der Waals surface area contributed by atoms with Gasteiger partial charge in [-0.05, 0) is 59.5 Å². The van der Waals surface area contributed by atoms with Crippen LogP contribution in [0.3, 0.4) is 0 Å². The van der Waals surface area contributed by atoms with E-state index in [0.29, 0.717) is 0 Å². The summed E-state index contributed by atoms with van der Waals surface area (Å²) in [5, 5.41) is 0. The first kappa shape index (κ1) is 19.9. The minimum absolute atomic E-state index is 0.0622. The number of methoxy groups -OCH3 is 1. The summed E-state index contributed by atoms with van der Waals surface area (Å²) in [4.78, 5) is 4.99. The second kappa shape index (κ2) is 6.95. The number of rotatable bonds is 4. The molecule has 1 aromatic carbocycles. The fourth-order valence-corrected chi connectivity index (χ4v) is 4.57. The van der Waals surface area contributed by atoms with Crippen LogP contribution in [0.2, 0.25) is 0 Å². The van der Waals surface area contributed by atoms with Crippen LogP contribution < -0.4 is 10.5 Å². The average molecular weight is 430 g/mol. The number of para-hydroxylation sites is 1. The number of hydrogen-bond acceptors (Lipinski definition) is 3. The number of hydrogen-bond donors (Lipinski definition) is 1. The Bertz CT molecular complexity index is 950. The minimum Gasteiger partial charge on any atom is -0.496 e. The van der Waals surface area contributed by atoms with E-state index in [0.717, 1.165) is 32.8 Å². The molecule has 0 bridgehead atoms. The summed E-state index contributed by atoms with van der Waals surface area (Å²) in [6, 6.07) is 12.1. The molecule has 0 aliphatic rings. The topological polar surface area (TPSA) is 52.5 Å². The molecule has 0 amide bonds. The Balaban J connectivity index is 2.43. The van der Waals surface area contributed by atoms with Crippen molar-refractivity contribution >= 4 is 21.6 Å². The van der Waals surface area contributed by atoms with E-state index >= 15 is 0 Å². The van der Waals surface area contributed by atoms with Crippen LogP contribution in [-0.4, -0.2) is 22.0 Å². The van der Waals surface area contributed by atoms with Gasteiger partial charge in [-0.3, -0.25) is 0 Å². The Morgan fingerprint density at radius 3 is 2.33 bits per heavy atom. The van der Waals surface area contributed by atoms with Gasteiger partial charge in [0.25, 0.3) is 0 Å². The molecule has 0 fully saturated rings. The standard InChI is InChI=1S/C22H28BrN3O/c1-21(2,3)20(22(4,5)24)19-18(15-9-7-8-10-16(15)27-6)25-17-12-11-14(23)13-26(17)19/h7-13,20H,24H2,1-6H3. The molecule has 2 N–H and O–H groups in total. The lowest BCUT2D eigenvalue weighted by atomic mass is 9.68. The Kier molecular flexibility index (Phi) is 5.12. The van der Waals surface area contributed by atoms with Crippen molar-refractivity contribution in [1.82, 2.24) is 9.38 Å². The third kappa shape index (κ3) is 3.76. The van der Waals surface area contributed by atoms with Gasteiger partial charge in [0.1, 0.15) is 11.4 Å². The average Bonchev–Trinajstić information content (AvgIpc) is 2.90. The van der Waals surface area contributed by atoms with Crippen molar-refractivity contribution in [3.8, 4) is 17.0 Å². The number of ether oxygens (including phenoxy) is 1. The molecule has 2 aromatic heterocycles. The van der Waals surface area contributed by atoms with Crippen molar-refractivity contribution in [3.05, 3.63) is 52.8 Å². The third-order valence-electron chi connectivity index (χ3n) is 4.86. The molecular weight excluding hydrogens is 402 g/mol. The lowest BCUT2D eigenvalue weighted by molar-refractivity contribution is 0.222. The molecule has 1 atom stereocenters. The van der Waals surface area contributed by atoms with Gasteiger partial charge >= 0.3 is 0 Å². The second-order valence-corrected chi connectivity index (χ2v) is 9.66. The molecule has 3 aromatic rings. The summed E-state index contributed by atoms with van der Waals surface area (Å²) in [5.41, 5.74) is 10.1. The van der Waals surface area contributed by atoms with Gasteiger partial charge in [-0.2, -0.15) is 0 Å². The van der Waals surface area contributed by atoms with E-state index in [2.05, 4.69) is 67.2 Å². The summed E-state index contributed by atoms with van der Waals surface area (Å²) in [5.74, 6) is 0.873. The number of pyridine rings is 1. The molecule has 0 saturated heterocycles. The first-order valence-corrected chi connectivity index (χ1v) is 9.93. The van der Waals surface area contributed by atoms with Crippen LogP contribution in [-0.2, 0) is 0 Å². The molecule has 2 heterocycles. The number of aromatic nitrogens is 2. The summed E-state index contributed by atoms with van der Waals surface area (Å²) >= 11 is 3.61. The SMILES string of the molecule is COc1ccccc1-c1nc2ccc(Br)cn2c1C(C(C)(C)C)C(C)(C)N. The molecule has 144 valence electrons. The van der Waals surface area contributed by atoms with Crippen LogP contribution in [0.4, 0.5) is 0 Å². The van der Waals surface area contributed by atoms with Crippen LogP contribution >= 0.6 is 15.9 Å². The van der Waals surface area contributed by atoms with E-state index in [1.54, 1.807) is 7.11 Å². The predicted octanol–water partition coefficient (Wildman–Crippen LogP) is 5.64. The fraction of sp³-hybridized carbons (Fsp3) is 0.409. The molecule has 4 nitrogen and oxygen atoms in total. The van der Waals surface area contributed by atoms with E-state index < -0.39 is 5.54 Å². The Labute approximate surface area is 169 Å². The Morgan fingerprint density at radius 2 is 1.74 bits per heavy atom. The monoisotopic (exact) mass is 429 g/mol. The lowest BCUT2D eigenvalue weighted by Gasteiger charge is -2.41. The minimum atomic E-state index is -0.437. The van der Waals surface area contributed by atoms with E-state index in [9.17, 15) is 0 Å². The van der Waals surface area contributed by atoms with Gasteiger partial charge in [-0.25, -0.2) is 4.98 Å². The molecule has 1 unspecified atom stereocenters. The summed E-state index contributed by atoms with van der Waals surface area (Å²) in [7, 11) is 1.69. The maximum absolute atomic E-state index is 6.72. The van der Waals surface area contributed by atoms with Crippen molar-refractivity contribution in [2.45, 2.75) is 46.1 Å². The highest BCUT2D eigenvalue weighted by molar-refractivity contribution is 9.10. The number of benzene rings is 1. The molecule has 3 rings (SSSR count). The zero-order chi connectivity index (χ0) is 20.0. The van der Waals surface area contributed by atoms with Gasteiger partial charge in [0.05, 0.1) is 18.5 Å². The van der Waals surface area contributed by atoms with Crippen molar-refractivity contribution in [3.63, 3.8) is 0 Å². The number of fused-ring (bicyclic) bond motifs is 1. The highest BCUT2D eigenvalue weighted by Crippen LogP contribution is 2.46. The van der Waals surface area contributed by atoms with E-state index in [-0.39, 0.29) is 11.3 Å². The molecule has 0 radical (unpaired) electrons. The molecular formula is C22H28BrN3O. The lowest BCUT2D eigenvalue weighted by Crippen LogP contribution is -2.46. The molecule has 27 heavy (non-hydrogen) atoms. The number of nitrogens with two attached hydrogens (primary N) is 1. The number of nitrogens with zero attached hydrogens (tertiary/aromatic N) is 2. The van der Waals surface area contributed by atoms with Gasteiger partial charge in [0, 0.05) is 27.7 Å². The molecule has 0 saturated carbocycles. The van der Waals surface area contributed by atoms with Crippen molar-refractivity contribution in [1.29, 1.82) is 0 Å². The van der Waals surface area contributed by atoms with E-state index in [1.807, 2.05) is 30.3 Å². The Morgan fingerprint density at radius 1 is 1.07 bits per heavy atom. The maximum atomic E-state index is 6.72. The zero-order valence-electron chi connectivity index (χ0n) is 16.9. The van der Waals surface area contributed by atoms with Crippen LogP contribution in [0.25, 0.3) is 16.9 Å². The van der Waals surface area contributed by atoms with Crippen LogP contribution in [0, 0.1) is 5.41 Å². The summed E-state index contributed by atoms with van der Waals surface area (Å²) < 4.78 is 8.80. The number of imidazole rings is 1.